The lowest BCUT2D eigenvalue weighted by molar-refractivity contribution is 0.484. The fourth-order valence-corrected chi connectivity index (χ4v) is 5.85. The molecular formula is C40H26O2. The van der Waals surface area contributed by atoms with Crippen LogP contribution in [0.1, 0.15) is 0 Å². The average molecular weight is 539 g/mol. The highest BCUT2D eigenvalue weighted by Gasteiger charge is 2.10. The minimum Gasteiger partial charge on any atom is -0.457 e. The lowest BCUT2D eigenvalue weighted by atomic mass is 9.94. The van der Waals surface area contributed by atoms with Gasteiger partial charge in [-0.15, -0.1) is 0 Å². The summed E-state index contributed by atoms with van der Waals surface area (Å²) in [5.41, 5.74) is 2.39. The predicted octanol–water partition coefficient (Wildman–Crippen LogP) is 11.6. The molecule has 0 spiro atoms. The van der Waals surface area contributed by atoms with E-state index < -0.39 is 0 Å². The Morgan fingerprint density at radius 2 is 0.619 bits per heavy atom. The third-order valence-electron chi connectivity index (χ3n) is 7.91. The van der Waals surface area contributed by atoms with E-state index in [2.05, 4.69) is 146 Å². The Labute approximate surface area is 244 Å². The monoisotopic (exact) mass is 538 g/mol. The van der Waals surface area contributed by atoms with Crippen LogP contribution in [0.25, 0.3) is 54.2 Å². The molecule has 42 heavy (non-hydrogen) atoms. The molecule has 0 radical (unpaired) electrons. The summed E-state index contributed by atoms with van der Waals surface area (Å²) >= 11 is 0. The van der Waals surface area contributed by atoms with Crippen molar-refractivity contribution in [3.63, 3.8) is 0 Å². The van der Waals surface area contributed by atoms with Gasteiger partial charge in [0.25, 0.3) is 0 Å². The summed E-state index contributed by atoms with van der Waals surface area (Å²) in [6.45, 7) is 0. The summed E-state index contributed by atoms with van der Waals surface area (Å²) in [4.78, 5) is 0. The molecule has 0 unspecified atom stereocenters. The van der Waals surface area contributed by atoms with Crippen LogP contribution < -0.4 is 9.47 Å². The van der Waals surface area contributed by atoms with Gasteiger partial charge < -0.3 is 9.47 Å². The van der Waals surface area contributed by atoms with Crippen LogP contribution in [0.15, 0.2) is 158 Å². The van der Waals surface area contributed by atoms with Gasteiger partial charge in [0, 0.05) is 0 Å². The second-order valence-corrected chi connectivity index (χ2v) is 10.6. The van der Waals surface area contributed by atoms with Crippen molar-refractivity contribution in [3.8, 4) is 34.1 Å². The largest absolute Gasteiger partial charge is 0.457 e. The van der Waals surface area contributed by atoms with E-state index in [0.29, 0.717) is 0 Å². The highest BCUT2D eigenvalue weighted by atomic mass is 16.5. The minimum atomic E-state index is 0.823. The van der Waals surface area contributed by atoms with Crippen LogP contribution in [0.2, 0.25) is 0 Å². The van der Waals surface area contributed by atoms with Crippen LogP contribution in [-0.2, 0) is 0 Å². The molecule has 198 valence electrons. The molecule has 2 heteroatoms. The Morgan fingerprint density at radius 3 is 1.07 bits per heavy atom. The molecule has 0 saturated heterocycles. The van der Waals surface area contributed by atoms with Crippen LogP contribution in [0.4, 0.5) is 0 Å². The van der Waals surface area contributed by atoms with Crippen molar-refractivity contribution in [3.05, 3.63) is 158 Å². The van der Waals surface area contributed by atoms with Crippen LogP contribution in [0.3, 0.4) is 0 Å². The molecule has 0 saturated carbocycles. The highest BCUT2D eigenvalue weighted by Crippen LogP contribution is 2.38. The lowest BCUT2D eigenvalue weighted by Crippen LogP contribution is -1.88. The van der Waals surface area contributed by atoms with E-state index in [0.717, 1.165) is 33.8 Å². The van der Waals surface area contributed by atoms with E-state index >= 15 is 0 Å². The zero-order valence-electron chi connectivity index (χ0n) is 22.8. The predicted molar refractivity (Wildman–Crippen MR) is 175 cm³/mol. The molecule has 0 amide bonds. The molecule has 8 aromatic carbocycles. The normalized spacial score (nSPS) is 11.3. The van der Waals surface area contributed by atoms with E-state index in [9.17, 15) is 0 Å². The molecule has 0 bridgehead atoms. The topological polar surface area (TPSA) is 18.5 Å². The van der Waals surface area contributed by atoms with E-state index in [1.165, 1.54) is 43.4 Å². The smallest absolute Gasteiger partial charge is 0.128 e. The molecule has 0 aliphatic heterocycles. The van der Waals surface area contributed by atoms with Gasteiger partial charge in [-0.3, -0.25) is 0 Å². The summed E-state index contributed by atoms with van der Waals surface area (Å²) in [6, 6.07) is 54.7. The number of hydrogen-bond donors (Lipinski definition) is 0. The zero-order chi connectivity index (χ0) is 27.9. The summed E-state index contributed by atoms with van der Waals surface area (Å²) in [6.07, 6.45) is 0. The Kier molecular flexibility index (Phi) is 5.82. The minimum absolute atomic E-state index is 0.823. The number of rotatable bonds is 5. The first kappa shape index (κ1) is 24.2. The standard InChI is InChI=1S/C40H26O2/c1-3-9-29-23-33(17-15-27(29)7-1)41-35-19-21-37-31(25-35)11-5-13-39(37)40-14-6-12-32-26-36(20-22-38(32)40)42-34-18-16-28-8-2-4-10-30(28)24-34/h1-26H. The highest BCUT2D eigenvalue weighted by molar-refractivity contribution is 6.06. The van der Waals surface area contributed by atoms with Crippen molar-refractivity contribution in [1.82, 2.24) is 0 Å². The molecule has 2 nitrogen and oxygen atoms in total. The van der Waals surface area contributed by atoms with Crippen molar-refractivity contribution in [2.24, 2.45) is 0 Å². The molecule has 0 N–H and O–H groups in total. The van der Waals surface area contributed by atoms with Crippen LogP contribution >= 0.6 is 0 Å². The van der Waals surface area contributed by atoms with Gasteiger partial charge in [-0.25, -0.2) is 0 Å². The Balaban J connectivity index is 1.12. The maximum atomic E-state index is 6.28. The van der Waals surface area contributed by atoms with Crippen LogP contribution in [0, 0.1) is 0 Å². The van der Waals surface area contributed by atoms with Gasteiger partial charge in [0.2, 0.25) is 0 Å². The van der Waals surface area contributed by atoms with Gasteiger partial charge in [-0.2, -0.15) is 0 Å². The molecule has 0 aromatic heterocycles. The van der Waals surface area contributed by atoms with Crippen molar-refractivity contribution in [2.75, 3.05) is 0 Å². The van der Waals surface area contributed by atoms with Crippen molar-refractivity contribution < 1.29 is 9.47 Å². The van der Waals surface area contributed by atoms with Gasteiger partial charge in [0.1, 0.15) is 23.0 Å². The quantitative estimate of drug-likeness (QED) is 0.217. The van der Waals surface area contributed by atoms with E-state index in [-0.39, 0.29) is 0 Å². The third-order valence-corrected chi connectivity index (χ3v) is 7.91. The van der Waals surface area contributed by atoms with Crippen molar-refractivity contribution >= 4 is 43.1 Å². The Bertz CT molecular complexity index is 2100. The molecular weight excluding hydrogens is 512 g/mol. The first-order valence-electron chi connectivity index (χ1n) is 14.2. The Morgan fingerprint density at radius 1 is 0.262 bits per heavy atom. The van der Waals surface area contributed by atoms with Gasteiger partial charge in [0.05, 0.1) is 0 Å². The Hall–Kier alpha value is -5.60. The first-order valence-corrected chi connectivity index (χ1v) is 14.2. The molecule has 0 fully saturated rings. The first-order chi connectivity index (χ1) is 20.8. The number of benzene rings is 8. The van der Waals surface area contributed by atoms with E-state index in [1.54, 1.807) is 0 Å². The second-order valence-electron chi connectivity index (χ2n) is 10.6. The van der Waals surface area contributed by atoms with Crippen LogP contribution in [-0.4, -0.2) is 0 Å². The molecule has 0 aliphatic rings. The fourth-order valence-electron chi connectivity index (χ4n) is 5.85. The summed E-state index contributed by atoms with van der Waals surface area (Å²) in [5.74, 6) is 3.31. The van der Waals surface area contributed by atoms with Crippen LogP contribution in [0.5, 0.6) is 23.0 Å². The number of ether oxygens (including phenoxy) is 2. The van der Waals surface area contributed by atoms with E-state index in [1.807, 2.05) is 12.1 Å². The third kappa shape index (κ3) is 4.49. The molecule has 0 atom stereocenters. The SMILES string of the molecule is c1ccc2cc(Oc3ccc4c(-c5cccc6cc(Oc7ccc8ccccc8c7)ccc56)cccc4c3)ccc2c1. The van der Waals surface area contributed by atoms with Gasteiger partial charge in [-0.1, -0.05) is 109 Å². The summed E-state index contributed by atoms with van der Waals surface area (Å²) in [7, 11) is 0. The molecule has 8 aromatic rings. The van der Waals surface area contributed by atoms with Gasteiger partial charge in [0.15, 0.2) is 0 Å². The summed E-state index contributed by atoms with van der Waals surface area (Å²) < 4.78 is 12.6. The number of hydrogen-bond acceptors (Lipinski definition) is 2. The maximum absolute atomic E-state index is 6.28. The van der Waals surface area contributed by atoms with Gasteiger partial charge >= 0.3 is 0 Å². The van der Waals surface area contributed by atoms with Crippen molar-refractivity contribution in [2.45, 2.75) is 0 Å². The maximum Gasteiger partial charge on any atom is 0.128 e. The van der Waals surface area contributed by atoms with Crippen molar-refractivity contribution in [1.29, 1.82) is 0 Å². The fraction of sp³-hybridized carbons (Fsp3) is 0. The number of fused-ring (bicyclic) bond motifs is 4. The molecule has 0 heterocycles. The molecule has 0 aliphatic carbocycles. The zero-order valence-corrected chi connectivity index (χ0v) is 22.8. The molecule has 8 rings (SSSR count). The van der Waals surface area contributed by atoms with Gasteiger partial charge in [-0.05, 0) is 103 Å². The lowest BCUT2D eigenvalue weighted by Gasteiger charge is -2.13. The summed E-state index contributed by atoms with van der Waals surface area (Å²) in [5, 5.41) is 9.39. The average Bonchev–Trinajstić information content (AvgIpc) is 3.04. The second kappa shape index (κ2) is 10.1. The van der Waals surface area contributed by atoms with E-state index in [4.69, 9.17) is 9.47 Å².